The molecule has 0 saturated carbocycles. The number of benzene rings is 6. The van der Waals surface area contributed by atoms with Crippen LogP contribution in [0.25, 0.3) is 0 Å². The van der Waals surface area contributed by atoms with Gasteiger partial charge in [0.05, 0.1) is 23.8 Å². The molecule has 282 valence electrons. The Morgan fingerprint density at radius 2 is 1.00 bits per heavy atom. The number of phenols is 6. The number of esters is 1. The van der Waals surface area contributed by atoms with Crippen molar-refractivity contribution in [2.45, 2.75) is 4.90 Å². The number of carbonyl (C=O) groups excluding carboxylic acids is 3. The Balaban J connectivity index is 0.000000185. The predicted molar refractivity (Wildman–Crippen MR) is 197 cm³/mol. The van der Waals surface area contributed by atoms with Crippen molar-refractivity contribution in [3.63, 3.8) is 0 Å². The van der Waals surface area contributed by atoms with E-state index >= 15 is 0 Å². The minimum atomic E-state index is -4.59. The van der Waals surface area contributed by atoms with Crippen molar-refractivity contribution in [1.29, 1.82) is 0 Å². The van der Waals surface area contributed by atoms with Gasteiger partial charge in [0, 0.05) is 23.8 Å². The number of phenolic OH excluding ortho intramolecular Hbond substituents is 6. The summed E-state index contributed by atoms with van der Waals surface area (Å²) in [7, 11) is -3.41. The molecule has 6 rings (SSSR count). The molecular weight excluding hydrogens is 736 g/mol. The molecule has 0 unspecified atom stereocenters. The van der Waals surface area contributed by atoms with Crippen LogP contribution < -0.4 is 9.47 Å². The third-order valence-electron chi connectivity index (χ3n) is 7.37. The Hall–Kier alpha value is -7.36. The molecule has 0 amide bonds. The minimum Gasteiger partial charge on any atom is -0.508 e. The van der Waals surface area contributed by atoms with E-state index in [9.17, 15) is 43.2 Å². The molecule has 0 atom stereocenters. The Morgan fingerprint density at radius 3 is 1.49 bits per heavy atom. The molecule has 0 aliphatic carbocycles. The van der Waals surface area contributed by atoms with Gasteiger partial charge < -0.3 is 40.1 Å². The van der Waals surface area contributed by atoms with Crippen molar-refractivity contribution in [2.75, 3.05) is 7.11 Å². The summed E-state index contributed by atoms with van der Waals surface area (Å²) in [5.41, 5.74) is 0.0998. The van der Waals surface area contributed by atoms with Crippen LogP contribution in [0.5, 0.6) is 46.0 Å². The first-order chi connectivity index (χ1) is 26.1. The number of hydrogen-bond donors (Lipinski definition) is 7. The average Bonchev–Trinajstić information content (AvgIpc) is 3.15. The lowest BCUT2D eigenvalue weighted by Crippen LogP contribution is -2.08. The van der Waals surface area contributed by atoms with Crippen molar-refractivity contribution in [1.82, 2.24) is 0 Å². The zero-order chi connectivity index (χ0) is 40.3. The Morgan fingerprint density at radius 1 is 0.509 bits per heavy atom. The highest BCUT2D eigenvalue weighted by Crippen LogP contribution is 2.33. The fourth-order valence-electron chi connectivity index (χ4n) is 4.70. The van der Waals surface area contributed by atoms with Gasteiger partial charge in [-0.05, 0) is 54.6 Å². The molecule has 0 radical (unpaired) electrons. The highest BCUT2D eigenvalue weighted by Gasteiger charge is 2.23. The number of para-hydroxylation sites is 2. The molecule has 0 bridgehead atoms. The second-order valence-corrected chi connectivity index (χ2v) is 12.5. The number of hydrogen-bond acceptors (Lipinski definition) is 13. The average molecular weight is 769 g/mol. The van der Waals surface area contributed by atoms with Crippen LogP contribution in [0.2, 0.25) is 0 Å². The second-order valence-electron chi connectivity index (χ2n) is 11.1. The highest BCUT2D eigenvalue weighted by atomic mass is 32.2. The number of methoxy groups -OCH3 is 1. The van der Waals surface area contributed by atoms with Gasteiger partial charge in [-0.1, -0.05) is 60.7 Å². The van der Waals surface area contributed by atoms with Gasteiger partial charge in [-0.25, -0.2) is 4.79 Å². The van der Waals surface area contributed by atoms with E-state index in [2.05, 4.69) is 0 Å². The van der Waals surface area contributed by atoms with Gasteiger partial charge in [-0.15, -0.1) is 0 Å². The SMILES string of the molecule is COc1cc(O)c(C(=O)c2ccccc2)cc1S(=O)(=O)O.O=C(Oc1ccccc1)c1ccccc1O.O=C(c1ccc(O)cc1O)c1ccc(O)cc1O. The molecular formula is C40H32O14S. The van der Waals surface area contributed by atoms with Crippen LogP contribution >= 0.6 is 0 Å². The van der Waals surface area contributed by atoms with Crippen molar-refractivity contribution in [3.05, 3.63) is 161 Å². The predicted octanol–water partition coefficient (Wildman–Crippen LogP) is 6.23. The lowest BCUT2D eigenvalue weighted by atomic mass is 10.0. The van der Waals surface area contributed by atoms with Gasteiger partial charge in [0.1, 0.15) is 56.5 Å². The van der Waals surface area contributed by atoms with E-state index in [4.69, 9.17) is 24.2 Å². The normalized spacial score (nSPS) is 10.4. The zero-order valence-corrected chi connectivity index (χ0v) is 29.4. The quantitative estimate of drug-likeness (QED) is 0.0393. The Labute approximate surface area is 313 Å². The third kappa shape index (κ3) is 10.6. The summed E-state index contributed by atoms with van der Waals surface area (Å²) >= 11 is 0. The summed E-state index contributed by atoms with van der Waals surface area (Å²) in [5, 5.41) is 56.7. The van der Waals surface area contributed by atoms with Gasteiger partial charge in [0.2, 0.25) is 0 Å². The summed E-state index contributed by atoms with van der Waals surface area (Å²) in [6, 6.07) is 32.0. The van der Waals surface area contributed by atoms with Crippen LogP contribution in [0.4, 0.5) is 0 Å². The number of aromatic hydroxyl groups is 6. The van der Waals surface area contributed by atoms with Crippen LogP contribution in [-0.4, -0.2) is 68.3 Å². The summed E-state index contributed by atoms with van der Waals surface area (Å²) in [6.07, 6.45) is 0. The topological polar surface area (TPSA) is 245 Å². The van der Waals surface area contributed by atoms with E-state index in [0.717, 1.165) is 24.3 Å². The molecule has 0 saturated heterocycles. The molecule has 7 N–H and O–H groups in total. The fraction of sp³-hybridized carbons (Fsp3) is 0.0250. The van der Waals surface area contributed by atoms with Gasteiger partial charge in [0.25, 0.3) is 10.1 Å². The van der Waals surface area contributed by atoms with E-state index in [1.165, 1.54) is 55.6 Å². The van der Waals surface area contributed by atoms with Crippen molar-refractivity contribution in [2.24, 2.45) is 0 Å². The third-order valence-corrected chi connectivity index (χ3v) is 8.24. The lowest BCUT2D eigenvalue weighted by molar-refractivity contribution is 0.0731. The van der Waals surface area contributed by atoms with E-state index < -0.39 is 38.3 Å². The molecule has 0 fully saturated rings. The van der Waals surface area contributed by atoms with Gasteiger partial charge in [-0.2, -0.15) is 8.42 Å². The molecule has 6 aromatic carbocycles. The maximum Gasteiger partial charge on any atom is 0.347 e. The van der Waals surface area contributed by atoms with Crippen LogP contribution in [0.15, 0.2) is 138 Å². The lowest BCUT2D eigenvalue weighted by Gasteiger charge is -2.10. The number of carbonyl (C=O) groups is 3. The fourth-order valence-corrected chi connectivity index (χ4v) is 5.37. The summed E-state index contributed by atoms with van der Waals surface area (Å²) < 4.78 is 41.7. The number of ketones is 2. The van der Waals surface area contributed by atoms with E-state index in [1.807, 2.05) is 6.07 Å². The highest BCUT2D eigenvalue weighted by molar-refractivity contribution is 7.86. The number of rotatable bonds is 8. The van der Waals surface area contributed by atoms with Crippen molar-refractivity contribution < 1.29 is 67.5 Å². The molecule has 0 aliphatic rings. The molecule has 14 nitrogen and oxygen atoms in total. The van der Waals surface area contributed by atoms with E-state index in [-0.39, 0.29) is 62.3 Å². The molecule has 55 heavy (non-hydrogen) atoms. The smallest absolute Gasteiger partial charge is 0.347 e. The minimum absolute atomic E-state index is 0.0474. The standard InChI is InChI=1S/C14H12O6S.C13H10O5.C13H10O3/c1-20-12-8-11(15)10(7-13(12)21(17,18)19)14(16)9-5-3-2-4-6-9;14-7-1-3-9(11(16)5-7)13(18)10-4-2-8(15)6-12(10)17;14-12-9-5-4-8-11(12)13(15)16-10-6-2-1-3-7-10/h2-8,15H,1H3,(H,17,18,19);1-6,14-17H;1-9,14H. The Kier molecular flexibility index (Phi) is 13.2. The molecule has 0 aliphatic heterocycles. The zero-order valence-electron chi connectivity index (χ0n) is 28.6. The molecule has 0 heterocycles. The summed E-state index contributed by atoms with van der Waals surface area (Å²) in [5.74, 6) is -3.15. The monoisotopic (exact) mass is 768 g/mol. The molecule has 0 spiro atoms. The number of ether oxygens (including phenoxy) is 2. The summed E-state index contributed by atoms with van der Waals surface area (Å²) in [4.78, 5) is 35.4. The van der Waals surface area contributed by atoms with Crippen LogP contribution in [0.3, 0.4) is 0 Å². The van der Waals surface area contributed by atoms with E-state index in [0.29, 0.717) is 5.75 Å². The largest absolute Gasteiger partial charge is 0.508 e. The first-order valence-corrected chi connectivity index (χ1v) is 17.2. The maximum absolute atomic E-state index is 12.3. The van der Waals surface area contributed by atoms with Crippen LogP contribution in [-0.2, 0) is 10.1 Å². The van der Waals surface area contributed by atoms with Gasteiger partial charge >= 0.3 is 5.97 Å². The second kappa shape index (κ2) is 17.9. The maximum atomic E-state index is 12.3. The van der Waals surface area contributed by atoms with Gasteiger partial charge in [-0.3, -0.25) is 14.1 Å². The first kappa shape index (κ1) is 40.4. The molecule has 6 aromatic rings. The van der Waals surface area contributed by atoms with Crippen LogP contribution in [0, 0.1) is 0 Å². The van der Waals surface area contributed by atoms with Crippen molar-refractivity contribution >= 4 is 27.7 Å². The molecule has 0 aromatic heterocycles. The molecule has 15 heteroatoms. The van der Waals surface area contributed by atoms with Gasteiger partial charge in [0.15, 0.2) is 11.6 Å². The summed E-state index contributed by atoms with van der Waals surface area (Å²) in [6.45, 7) is 0. The first-order valence-electron chi connectivity index (χ1n) is 15.7. The van der Waals surface area contributed by atoms with Crippen LogP contribution in [0.1, 0.15) is 42.2 Å². The Bertz CT molecular complexity index is 2380. The van der Waals surface area contributed by atoms with E-state index in [1.54, 1.807) is 54.6 Å². The van der Waals surface area contributed by atoms with Crippen molar-refractivity contribution in [3.8, 4) is 46.0 Å².